The van der Waals surface area contributed by atoms with Crippen molar-refractivity contribution in [2.24, 2.45) is 33.8 Å². The number of carbonyl (C=O) groups is 5. The van der Waals surface area contributed by atoms with Crippen LogP contribution in [0.5, 0.6) is 0 Å². The predicted octanol–water partition coefficient (Wildman–Crippen LogP) is 9.51. The molecule has 0 radical (unpaired) electrons. The molecule has 5 amide bonds. The number of carbonyl (C=O) groups excluding carboxylic acids is 5. The molecule has 0 fully saturated rings. The number of aryl methyl sites for hydroxylation is 4. The van der Waals surface area contributed by atoms with Gasteiger partial charge in [-0.15, -0.1) is 6.42 Å². The molecule has 6 heterocycles. The van der Waals surface area contributed by atoms with Gasteiger partial charge in [0.2, 0.25) is 45.7 Å². The number of H-pyrrole nitrogens is 1. The van der Waals surface area contributed by atoms with Gasteiger partial charge in [0.25, 0.3) is 0 Å². The Labute approximate surface area is 883 Å². The molecule has 113 heavy (non-hydrogen) atoms. The van der Waals surface area contributed by atoms with Crippen LogP contribution in [0.3, 0.4) is 0 Å². The number of benzene rings is 4. The van der Waals surface area contributed by atoms with E-state index in [1.165, 1.54) is 220 Å². The van der Waals surface area contributed by atoms with Crippen LogP contribution in [0, 0.1) is 24.2 Å². The number of nitrogens with zero attached hydrogens (tertiary/aromatic N) is 11. The summed E-state index contributed by atoms with van der Waals surface area (Å²) in [6, 6.07) is 29.8. The van der Waals surface area contributed by atoms with Crippen LogP contribution in [0.4, 0.5) is 4.79 Å². The molecule has 0 saturated carbocycles. The van der Waals surface area contributed by atoms with Crippen molar-refractivity contribution < 1.29 is 86.2 Å². The number of nitrogens with two attached hydrogens (primary N) is 5. The number of ether oxygens (including phenoxy) is 1. The van der Waals surface area contributed by atoms with E-state index in [4.69, 9.17) is 133 Å². The first kappa shape index (κ1) is 119. The van der Waals surface area contributed by atoms with Crippen molar-refractivity contribution in [2.75, 3.05) is 0 Å². The predicted molar refractivity (Wildman–Crippen MR) is 459 cm³/mol. The Bertz CT molecular complexity index is 4650. The number of aromatic nitrogens is 10. The molecule has 5 atom stereocenters. The number of primary amides is 4. The minimum atomic E-state index is -0.507. The molecule has 4 aromatic carbocycles. The van der Waals surface area contributed by atoms with Gasteiger partial charge in [0.1, 0.15) is 23.2 Å². The molecule has 11 N–H and O–H groups in total. The molecule has 0 spiro atoms. The van der Waals surface area contributed by atoms with Crippen LogP contribution in [-0.2, 0) is 56.0 Å². The van der Waals surface area contributed by atoms with Gasteiger partial charge in [-0.3, -0.25) is 24.3 Å². The monoisotopic (exact) mass is 1870 g/mol. The Hall–Kier alpha value is 1.95. The van der Waals surface area contributed by atoms with Crippen molar-refractivity contribution in [3.8, 4) is 24.2 Å². The van der Waals surface area contributed by atoms with Gasteiger partial charge in [-0.2, -0.15) is 9.89 Å². The maximum absolute atomic E-state index is 11.5. The number of hydrazone groups is 1. The van der Waals surface area contributed by atoms with Gasteiger partial charge in [0.05, 0.1) is 86.2 Å². The summed E-state index contributed by atoms with van der Waals surface area (Å²) in [7, 11) is 0. The number of aromatic amines is 1. The first-order valence-corrected chi connectivity index (χ1v) is 85.1. The van der Waals surface area contributed by atoms with E-state index >= 15 is 0 Å². The first-order chi connectivity index (χ1) is 51.8. The Morgan fingerprint density at radius 3 is 1.36 bits per heavy atom. The van der Waals surface area contributed by atoms with Gasteiger partial charge in [0.15, 0.2) is 5.15 Å². The van der Waals surface area contributed by atoms with Crippen molar-refractivity contribution in [3.05, 3.63) is 248 Å². The molecule has 0 saturated heterocycles. The summed E-state index contributed by atoms with van der Waals surface area (Å²) in [5, 5.41) is 12.6. The molecule has 568 valence electrons. The molecule has 1 aliphatic heterocycles. The van der Waals surface area contributed by atoms with Crippen LogP contribution < -0.4 is 80.1 Å². The second-order valence-electron chi connectivity index (χ2n) is 23.2. The summed E-state index contributed by atoms with van der Waals surface area (Å²) < 4.78 is 6.16. The summed E-state index contributed by atoms with van der Waals surface area (Å²) in [5.41, 5.74) is 36.2. The summed E-state index contributed by atoms with van der Waals surface area (Å²) in [6.07, 6.45) is 20.5. The topological polar surface area (TPSA) is 372 Å². The fourth-order valence-electron chi connectivity index (χ4n) is 8.99. The Kier molecular flexibility index (Phi) is 70.0. The van der Waals surface area contributed by atoms with Gasteiger partial charge in [-0.05, 0) is 166 Å². The fraction of sp³-hybridized carbons (Fsp3) is 0.280. The Balaban J connectivity index is -0.000000639. The average molecular weight is 1880 g/mol. The molecule has 1 aliphatic rings. The van der Waals surface area contributed by atoms with Gasteiger partial charge >= 0.3 is 247 Å². The van der Waals surface area contributed by atoms with Crippen LogP contribution in [-0.4, -0.2) is 298 Å². The molecule has 0 aliphatic carbocycles. The van der Waals surface area contributed by atoms with Crippen molar-refractivity contribution in [1.29, 1.82) is 0 Å². The Morgan fingerprint density at radius 2 is 0.938 bits per heavy atom. The number of amides is 5. The first-order valence-electron chi connectivity index (χ1n) is 34.1. The SMILES string of the molecule is C.C.C.C#Cc1ccccc1C(C)C(N)=O.CC(C(N)=O)c1ccccc1C#Cc1nc(Cl)ncc1Cl.CC(C(N)=O)c1ccccc1CCc1nc(Cc2cn[nH]c2)ncc1Cl.CC(C(N)=O)c1ccccc1CCc1nc(Cl)ncc1Cl.CC(C)(C)OC(=O)[N+]1=CC(N)C=N1.Clc1ncc(Cl)c(Cl)n1.[H-].[K+].[K][K].[K][K].[K][K]. The standard InChI is InChI=1S/C19H20ClN5O.C15H15Cl2N3O.C15H11Cl2N3O.C11H11NO.C8H14N3O2.C4HCl3N2.3CH4.7K.H/c1-12(19(21)26)15-5-3-2-4-14(15)6-7-17-16(20)11-22-18(25-17)8-13-9-23-24-10-13;2*1-9(14(18)21)11-5-3-2-4-10(11)6-7-13-12(16)8-19-15(17)20-13;1-3-9-6-4-5-7-10(9)8(2)11(12)13;1-8(2,3)13-7(12)11-5-6(9)4-10-11;5-2-1-8-4(7)9-3(2)6;;;;;;;;;;;/h2-5,9-12H,6-8H2,1H3,(H2,21,26)(H,23,24);2-5,8-9H,6-7H2,1H3,(H2,18,21);2-5,8-9H,1H3,(H2,18,21);1,4-8H,2H3,(H2,12,13);4-6H,9H2,1-3H3;1H;3*1H4;;;;;;;;/q;;;;+1;;;;;;;;;;;+1;-1. The summed E-state index contributed by atoms with van der Waals surface area (Å²) in [4.78, 5) is 88.2. The van der Waals surface area contributed by atoms with E-state index in [2.05, 4.69) is 72.9 Å². The molecule has 38 heteroatoms. The quantitative estimate of drug-likeness (QED) is 0.0172. The third-order valence-corrected chi connectivity index (χ3v) is 16.7. The van der Waals surface area contributed by atoms with Crippen molar-refractivity contribution in [1.82, 2.24) is 50.1 Å². The average Bonchev–Trinajstić information content (AvgIpc) is 1.09. The van der Waals surface area contributed by atoms with Crippen molar-refractivity contribution >= 4 is 324 Å². The van der Waals surface area contributed by atoms with E-state index < -0.39 is 23.5 Å². The van der Waals surface area contributed by atoms with Gasteiger partial charge in [0, 0.05) is 39.7 Å². The third kappa shape index (κ3) is 46.1. The van der Waals surface area contributed by atoms with Crippen LogP contribution in [0.25, 0.3) is 0 Å². The number of nitrogens with one attached hydrogen (secondary N) is 1. The minimum absolute atomic E-state index is 0. The van der Waals surface area contributed by atoms with Crippen LogP contribution in [0.1, 0.15) is 169 Å². The van der Waals surface area contributed by atoms with Crippen LogP contribution in [0.2, 0.25) is 41.1 Å². The molecule has 9 aromatic rings. The number of hydrogen-bond acceptors (Lipinski definition) is 17. The molecule has 5 aromatic heterocycles. The van der Waals surface area contributed by atoms with Crippen molar-refractivity contribution in [2.45, 2.75) is 138 Å². The third-order valence-electron chi connectivity index (χ3n) is 14.6. The zero-order valence-corrected chi connectivity index (χ0v) is 91.5. The molecular formula is C75H85Cl8K7N17O6+. The number of terminal acetylenes is 1. The van der Waals surface area contributed by atoms with Crippen LogP contribution >= 0.6 is 92.8 Å². The maximum atomic E-state index is 11.5. The van der Waals surface area contributed by atoms with E-state index in [1.807, 2.05) is 98.0 Å². The molecule has 23 nitrogen and oxygen atoms in total. The van der Waals surface area contributed by atoms with Gasteiger partial charge < -0.3 is 34.8 Å². The van der Waals surface area contributed by atoms with E-state index in [-0.39, 0.29) is 138 Å². The molecular weight excluding hydrogens is 1790 g/mol. The number of rotatable bonds is 16. The van der Waals surface area contributed by atoms with Crippen LogP contribution in [0.15, 0.2) is 139 Å². The van der Waals surface area contributed by atoms with E-state index in [1.54, 1.807) is 66.1 Å². The van der Waals surface area contributed by atoms with E-state index in [0.717, 1.165) is 61.3 Å². The van der Waals surface area contributed by atoms with Gasteiger partial charge in [-0.25, -0.2) is 39.9 Å². The van der Waals surface area contributed by atoms with E-state index in [0.29, 0.717) is 68.5 Å². The van der Waals surface area contributed by atoms with Gasteiger partial charge in [-0.1, -0.05) is 177 Å². The second-order valence-corrected chi connectivity index (χ2v) is 26.2. The zero-order chi connectivity index (χ0) is 82.1. The summed E-state index contributed by atoms with van der Waals surface area (Å²) in [6.45, 7) is 12.5. The molecule has 0 bridgehead atoms. The second kappa shape index (κ2) is 66.4. The number of hydrogen-bond donors (Lipinski definition) is 6. The normalized spacial score (nSPS) is 12.0. The van der Waals surface area contributed by atoms with E-state index in [9.17, 15) is 24.0 Å². The zero-order valence-electron chi connectivity index (χ0n) is 64.6. The Morgan fingerprint density at radius 1 is 0.540 bits per heavy atom. The molecule has 10 rings (SSSR count). The summed E-state index contributed by atoms with van der Waals surface area (Å²) in [5.74, 6) is 6.14. The number of halogens is 8. The fourth-order valence-corrected chi connectivity index (χ4v) is 10.2. The summed E-state index contributed by atoms with van der Waals surface area (Å²) >= 11 is 53.5. The molecule has 5 unspecified atom stereocenters. The van der Waals surface area contributed by atoms with Crippen molar-refractivity contribution in [3.63, 3.8) is 0 Å².